The molecule has 1 fully saturated rings. The monoisotopic (exact) mass is 432 g/mol. The van der Waals surface area contributed by atoms with Gasteiger partial charge in [-0.1, -0.05) is 88.3 Å². The molecule has 0 unspecified atom stereocenters. The summed E-state index contributed by atoms with van der Waals surface area (Å²) in [6.45, 7) is 2.26. The van der Waals surface area contributed by atoms with Crippen molar-refractivity contribution in [3.8, 4) is 16.9 Å². The number of hydrogen-bond donors (Lipinski definition) is 0. The van der Waals surface area contributed by atoms with Crippen molar-refractivity contribution in [3.05, 3.63) is 54.1 Å². The lowest BCUT2D eigenvalue weighted by atomic mass is 9.77. The molecule has 0 radical (unpaired) electrons. The molecule has 0 heterocycles. The Kier molecular flexibility index (Phi) is 8.86. The van der Waals surface area contributed by atoms with Crippen molar-refractivity contribution in [2.75, 3.05) is 0 Å². The molecular formula is C27H35F3O. The lowest BCUT2D eigenvalue weighted by Gasteiger charge is -2.29. The van der Waals surface area contributed by atoms with Crippen molar-refractivity contribution in [1.29, 1.82) is 0 Å². The fourth-order valence-electron chi connectivity index (χ4n) is 4.79. The Bertz CT molecular complexity index is 757. The Labute approximate surface area is 185 Å². The van der Waals surface area contributed by atoms with Gasteiger partial charge in [0.1, 0.15) is 5.75 Å². The molecule has 1 nitrogen and oxygen atoms in total. The molecule has 0 aromatic heterocycles. The highest BCUT2D eigenvalue weighted by atomic mass is 19.4. The smallest absolute Gasteiger partial charge is 0.406 e. The van der Waals surface area contributed by atoms with Crippen molar-refractivity contribution in [2.24, 2.45) is 5.92 Å². The number of halogens is 3. The summed E-state index contributed by atoms with van der Waals surface area (Å²) in [5, 5.41) is 0. The molecule has 0 atom stereocenters. The quantitative estimate of drug-likeness (QED) is 0.340. The number of unbranched alkanes of at least 4 members (excludes halogenated alkanes) is 5. The fraction of sp³-hybridized carbons (Fsp3) is 0.556. The third kappa shape index (κ3) is 7.90. The van der Waals surface area contributed by atoms with Gasteiger partial charge in [0, 0.05) is 0 Å². The van der Waals surface area contributed by atoms with Crippen LogP contribution in [0.15, 0.2) is 48.5 Å². The minimum Gasteiger partial charge on any atom is -0.406 e. The van der Waals surface area contributed by atoms with Crippen molar-refractivity contribution in [3.63, 3.8) is 0 Å². The van der Waals surface area contributed by atoms with Crippen molar-refractivity contribution in [1.82, 2.24) is 0 Å². The molecule has 1 aliphatic rings. The summed E-state index contributed by atoms with van der Waals surface area (Å²) >= 11 is 0. The maximum Gasteiger partial charge on any atom is 0.573 e. The van der Waals surface area contributed by atoms with Gasteiger partial charge in [-0.3, -0.25) is 0 Å². The largest absolute Gasteiger partial charge is 0.573 e. The van der Waals surface area contributed by atoms with Gasteiger partial charge in [-0.15, -0.1) is 13.2 Å². The van der Waals surface area contributed by atoms with E-state index in [-0.39, 0.29) is 5.75 Å². The normalized spacial score (nSPS) is 19.4. The fourth-order valence-corrected chi connectivity index (χ4v) is 4.79. The van der Waals surface area contributed by atoms with E-state index < -0.39 is 6.36 Å². The van der Waals surface area contributed by atoms with Gasteiger partial charge in [-0.25, -0.2) is 0 Å². The van der Waals surface area contributed by atoms with Crippen LogP contribution in [-0.2, 0) is 0 Å². The lowest BCUT2D eigenvalue weighted by Crippen LogP contribution is -2.16. The van der Waals surface area contributed by atoms with E-state index in [1.807, 2.05) is 0 Å². The SMILES string of the molecule is CCCCCCCCC1CCC(c2ccc(-c3ccc(OC(F)(F)F)cc3)cc2)CC1. The first-order chi connectivity index (χ1) is 14.9. The van der Waals surface area contributed by atoms with Crippen LogP contribution >= 0.6 is 0 Å². The Morgan fingerprint density at radius 1 is 0.742 bits per heavy atom. The third-order valence-corrected chi connectivity index (χ3v) is 6.62. The second-order valence-corrected chi connectivity index (χ2v) is 8.97. The molecule has 0 aliphatic heterocycles. The van der Waals surface area contributed by atoms with Gasteiger partial charge < -0.3 is 4.74 Å². The van der Waals surface area contributed by atoms with Gasteiger partial charge in [0.25, 0.3) is 0 Å². The molecule has 1 aliphatic carbocycles. The van der Waals surface area contributed by atoms with E-state index in [9.17, 15) is 13.2 Å². The first-order valence-electron chi connectivity index (χ1n) is 11.9. The lowest BCUT2D eigenvalue weighted by molar-refractivity contribution is -0.274. The van der Waals surface area contributed by atoms with E-state index in [0.29, 0.717) is 5.92 Å². The topological polar surface area (TPSA) is 9.23 Å². The van der Waals surface area contributed by atoms with Crippen LogP contribution in [0.3, 0.4) is 0 Å². The highest BCUT2D eigenvalue weighted by Gasteiger charge is 2.31. The van der Waals surface area contributed by atoms with E-state index in [1.165, 1.54) is 88.3 Å². The Hall–Kier alpha value is -1.97. The van der Waals surface area contributed by atoms with Crippen molar-refractivity contribution >= 4 is 0 Å². The van der Waals surface area contributed by atoms with E-state index >= 15 is 0 Å². The van der Waals surface area contributed by atoms with Gasteiger partial charge in [0.05, 0.1) is 0 Å². The molecule has 31 heavy (non-hydrogen) atoms. The number of alkyl halides is 3. The standard InChI is InChI=1S/C27H35F3O/c1-2-3-4-5-6-7-8-21-9-11-22(12-10-21)23-13-15-24(16-14-23)25-17-19-26(20-18-25)31-27(28,29)30/h13-22H,2-12H2,1H3. The second-order valence-electron chi connectivity index (χ2n) is 8.97. The van der Waals surface area contributed by atoms with Crippen LogP contribution in [0, 0.1) is 5.92 Å². The van der Waals surface area contributed by atoms with E-state index in [1.54, 1.807) is 12.1 Å². The molecule has 3 rings (SSSR count). The predicted molar refractivity (Wildman–Crippen MR) is 121 cm³/mol. The molecule has 2 aromatic rings. The average Bonchev–Trinajstić information content (AvgIpc) is 2.76. The number of ether oxygens (including phenoxy) is 1. The molecule has 0 amide bonds. The van der Waals surface area contributed by atoms with Crippen LogP contribution in [-0.4, -0.2) is 6.36 Å². The van der Waals surface area contributed by atoms with E-state index in [0.717, 1.165) is 17.0 Å². The van der Waals surface area contributed by atoms with Crippen molar-refractivity contribution in [2.45, 2.75) is 89.8 Å². The summed E-state index contributed by atoms with van der Waals surface area (Å²) in [6, 6.07) is 14.6. The molecule has 0 bridgehead atoms. The summed E-state index contributed by atoms with van der Waals surface area (Å²) in [7, 11) is 0. The zero-order chi connectivity index (χ0) is 22.1. The Morgan fingerprint density at radius 2 is 1.29 bits per heavy atom. The highest BCUT2D eigenvalue weighted by Crippen LogP contribution is 2.38. The number of rotatable bonds is 10. The average molecular weight is 433 g/mol. The molecule has 0 spiro atoms. The zero-order valence-electron chi connectivity index (χ0n) is 18.6. The third-order valence-electron chi connectivity index (χ3n) is 6.62. The Balaban J connectivity index is 1.44. The summed E-state index contributed by atoms with van der Waals surface area (Å²) in [4.78, 5) is 0. The first-order valence-corrected chi connectivity index (χ1v) is 11.9. The second kappa shape index (κ2) is 11.6. The Morgan fingerprint density at radius 3 is 1.87 bits per heavy atom. The molecule has 0 saturated heterocycles. The van der Waals surface area contributed by atoms with Crippen LogP contribution in [0.25, 0.3) is 11.1 Å². The minimum absolute atomic E-state index is 0.189. The summed E-state index contributed by atoms with van der Waals surface area (Å²) in [6.07, 6.45) is 10.2. The molecule has 1 saturated carbocycles. The summed E-state index contributed by atoms with van der Waals surface area (Å²) < 4.78 is 40.9. The summed E-state index contributed by atoms with van der Waals surface area (Å²) in [5.74, 6) is 1.35. The van der Waals surface area contributed by atoms with Crippen LogP contribution < -0.4 is 4.74 Å². The highest BCUT2D eigenvalue weighted by molar-refractivity contribution is 5.64. The van der Waals surface area contributed by atoms with Crippen LogP contribution in [0.4, 0.5) is 13.2 Å². The maximum absolute atomic E-state index is 12.3. The maximum atomic E-state index is 12.3. The van der Waals surface area contributed by atoms with Gasteiger partial charge >= 0.3 is 6.36 Å². The molecule has 2 aromatic carbocycles. The number of benzene rings is 2. The molecule has 4 heteroatoms. The minimum atomic E-state index is -4.66. The van der Waals surface area contributed by atoms with Crippen LogP contribution in [0.5, 0.6) is 5.75 Å². The van der Waals surface area contributed by atoms with Gasteiger partial charge in [0.15, 0.2) is 0 Å². The molecular weight excluding hydrogens is 397 g/mol. The first kappa shape index (κ1) is 23.7. The summed E-state index contributed by atoms with van der Waals surface area (Å²) in [5.41, 5.74) is 3.29. The van der Waals surface area contributed by atoms with Crippen LogP contribution in [0.2, 0.25) is 0 Å². The van der Waals surface area contributed by atoms with E-state index in [4.69, 9.17) is 0 Å². The predicted octanol–water partition coefficient (Wildman–Crippen LogP) is 9.28. The number of hydrogen-bond acceptors (Lipinski definition) is 1. The molecule has 0 N–H and O–H groups in total. The van der Waals surface area contributed by atoms with E-state index in [2.05, 4.69) is 35.9 Å². The van der Waals surface area contributed by atoms with Crippen molar-refractivity contribution < 1.29 is 17.9 Å². The zero-order valence-corrected chi connectivity index (χ0v) is 18.6. The molecule has 170 valence electrons. The van der Waals surface area contributed by atoms with Crippen LogP contribution in [0.1, 0.15) is 89.0 Å². The van der Waals surface area contributed by atoms with Gasteiger partial charge in [-0.2, -0.15) is 0 Å². The van der Waals surface area contributed by atoms with Gasteiger partial charge in [0.2, 0.25) is 0 Å². The van der Waals surface area contributed by atoms with Gasteiger partial charge in [-0.05, 0) is 66.3 Å².